The summed E-state index contributed by atoms with van der Waals surface area (Å²) in [7, 11) is 0. The van der Waals surface area contributed by atoms with Crippen LogP contribution in [0.2, 0.25) is 0 Å². The van der Waals surface area contributed by atoms with E-state index >= 15 is 0 Å². The van der Waals surface area contributed by atoms with E-state index < -0.39 is 11.7 Å². The summed E-state index contributed by atoms with van der Waals surface area (Å²) in [6, 6.07) is 3.76. The van der Waals surface area contributed by atoms with Crippen LogP contribution in [-0.4, -0.2) is 10.2 Å². The fraction of sp³-hybridized carbons (Fsp3) is 0.250. The molecule has 4 nitrogen and oxygen atoms in total. The minimum Gasteiger partial charge on any atom is -0.398 e. The Kier molecular flexibility index (Phi) is 3.37. The summed E-state index contributed by atoms with van der Waals surface area (Å²) >= 11 is 0. The maximum atomic E-state index is 12.7. The highest BCUT2D eigenvalue weighted by molar-refractivity contribution is 5.58. The Morgan fingerprint density at radius 3 is 2.68 bits per heavy atom. The molecule has 2 aromatic rings. The first kappa shape index (κ1) is 13.3. The molecule has 0 spiro atoms. The predicted molar refractivity (Wildman–Crippen MR) is 66.5 cm³/mol. The Labute approximate surface area is 107 Å². The van der Waals surface area contributed by atoms with Gasteiger partial charge in [-0.25, -0.2) is 0 Å². The number of alkyl halides is 3. The zero-order valence-corrected chi connectivity index (χ0v) is 10.2. The van der Waals surface area contributed by atoms with Crippen molar-refractivity contribution in [2.75, 3.05) is 11.1 Å². The van der Waals surface area contributed by atoms with Crippen LogP contribution in [0.4, 0.5) is 24.5 Å². The Balaban J connectivity index is 2.16. The molecule has 0 bridgehead atoms. The van der Waals surface area contributed by atoms with Crippen LogP contribution in [0.1, 0.15) is 16.8 Å². The molecule has 0 radical (unpaired) electrons. The molecule has 19 heavy (non-hydrogen) atoms. The number of nitrogens with two attached hydrogens (primary N) is 1. The van der Waals surface area contributed by atoms with Crippen LogP contribution < -0.4 is 11.1 Å². The summed E-state index contributed by atoms with van der Waals surface area (Å²) in [6.07, 6.45) is -2.82. The van der Waals surface area contributed by atoms with E-state index in [0.29, 0.717) is 12.2 Å². The van der Waals surface area contributed by atoms with Crippen LogP contribution >= 0.6 is 0 Å². The van der Waals surface area contributed by atoms with Gasteiger partial charge in [-0.1, -0.05) is 0 Å². The van der Waals surface area contributed by atoms with E-state index in [1.807, 2.05) is 6.92 Å². The lowest BCUT2D eigenvalue weighted by molar-refractivity contribution is -0.136. The molecular weight excluding hydrogens is 257 g/mol. The third-order valence-electron chi connectivity index (χ3n) is 2.78. The zero-order valence-electron chi connectivity index (χ0n) is 10.2. The molecule has 7 heteroatoms. The molecule has 0 aliphatic carbocycles. The summed E-state index contributed by atoms with van der Waals surface area (Å²) in [6.45, 7) is 2.23. The molecule has 0 aliphatic heterocycles. The first-order valence-corrected chi connectivity index (χ1v) is 5.57. The second-order valence-corrected chi connectivity index (χ2v) is 4.17. The standard InChI is InChI=1S/C12H13F3N4/c1-7-8(6-18-19-7)5-17-9-2-3-11(16)10(4-9)12(13,14)15/h2-4,6,17H,5,16H2,1H3,(H,18,19). The van der Waals surface area contributed by atoms with Gasteiger partial charge in [-0.05, 0) is 25.1 Å². The van der Waals surface area contributed by atoms with Crippen LogP contribution in [-0.2, 0) is 12.7 Å². The van der Waals surface area contributed by atoms with E-state index in [2.05, 4.69) is 15.5 Å². The van der Waals surface area contributed by atoms with E-state index in [1.54, 1.807) is 6.20 Å². The lowest BCUT2D eigenvalue weighted by atomic mass is 10.1. The van der Waals surface area contributed by atoms with Gasteiger partial charge in [0.1, 0.15) is 0 Å². The van der Waals surface area contributed by atoms with Crippen LogP contribution in [0.15, 0.2) is 24.4 Å². The highest BCUT2D eigenvalue weighted by Crippen LogP contribution is 2.35. The van der Waals surface area contributed by atoms with Crippen molar-refractivity contribution in [3.8, 4) is 0 Å². The predicted octanol–water partition coefficient (Wildman–Crippen LogP) is 2.93. The number of nitrogens with zero attached hydrogens (tertiary/aromatic N) is 1. The first-order valence-electron chi connectivity index (χ1n) is 5.57. The average Bonchev–Trinajstić information content (AvgIpc) is 2.72. The smallest absolute Gasteiger partial charge is 0.398 e. The maximum Gasteiger partial charge on any atom is 0.418 e. The second-order valence-electron chi connectivity index (χ2n) is 4.17. The largest absolute Gasteiger partial charge is 0.418 e. The average molecular weight is 270 g/mol. The Morgan fingerprint density at radius 1 is 1.37 bits per heavy atom. The normalized spacial score (nSPS) is 11.6. The molecular formula is C12H13F3N4. The molecule has 1 aromatic carbocycles. The van der Waals surface area contributed by atoms with Crippen LogP contribution in [0.5, 0.6) is 0 Å². The SMILES string of the molecule is Cc1[nH]ncc1CNc1ccc(N)c(C(F)(F)F)c1. The molecule has 0 saturated carbocycles. The number of nitrogen functional groups attached to an aromatic ring is 1. The van der Waals surface area contributed by atoms with Gasteiger partial charge in [0, 0.05) is 29.2 Å². The summed E-state index contributed by atoms with van der Waals surface area (Å²) in [5, 5.41) is 9.51. The van der Waals surface area contributed by atoms with E-state index in [-0.39, 0.29) is 5.69 Å². The number of anilines is 2. The summed E-state index contributed by atoms with van der Waals surface area (Å²) in [5.74, 6) is 0. The molecule has 0 atom stereocenters. The fourth-order valence-corrected chi connectivity index (χ4v) is 1.66. The van der Waals surface area contributed by atoms with E-state index in [1.165, 1.54) is 12.1 Å². The molecule has 0 aliphatic rings. The van der Waals surface area contributed by atoms with Gasteiger partial charge in [-0.15, -0.1) is 0 Å². The fourth-order valence-electron chi connectivity index (χ4n) is 1.66. The number of rotatable bonds is 3. The molecule has 102 valence electrons. The molecule has 1 aromatic heterocycles. The van der Waals surface area contributed by atoms with Gasteiger partial charge in [-0.3, -0.25) is 5.10 Å². The monoisotopic (exact) mass is 270 g/mol. The van der Waals surface area contributed by atoms with Crippen molar-refractivity contribution >= 4 is 11.4 Å². The number of aromatic amines is 1. The van der Waals surface area contributed by atoms with Crippen LogP contribution in [0, 0.1) is 6.92 Å². The Hall–Kier alpha value is -2.18. The Morgan fingerprint density at radius 2 is 2.11 bits per heavy atom. The number of hydrogen-bond acceptors (Lipinski definition) is 3. The first-order chi connectivity index (χ1) is 8.88. The maximum absolute atomic E-state index is 12.7. The van der Waals surface area contributed by atoms with Gasteiger partial charge in [0.15, 0.2) is 0 Å². The van der Waals surface area contributed by atoms with E-state index in [9.17, 15) is 13.2 Å². The van der Waals surface area contributed by atoms with Crippen molar-refractivity contribution in [2.45, 2.75) is 19.6 Å². The highest BCUT2D eigenvalue weighted by atomic mass is 19.4. The molecule has 0 unspecified atom stereocenters. The van der Waals surface area contributed by atoms with Gasteiger partial charge >= 0.3 is 6.18 Å². The molecule has 0 saturated heterocycles. The third kappa shape index (κ3) is 2.98. The van der Waals surface area contributed by atoms with Gasteiger partial charge in [0.2, 0.25) is 0 Å². The van der Waals surface area contributed by atoms with Gasteiger partial charge in [0.25, 0.3) is 0 Å². The van der Waals surface area contributed by atoms with Crippen LogP contribution in [0.3, 0.4) is 0 Å². The van der Waals surface area contributed by atoms with Crippen molar-refractivity contribution in [3.05, 3.63) is 41.2 Å². The molecule has 2 rings (SSSR count). The third-order valence-corrected chi connectivity index (χ3v) is 2.78. The Bertz CT molecular complexity index is 575. The van der Waals surface area contributed by atoms with Crippen molar-refractivity contribution in [1.82, 2.24) is 10.2 Å². The number of H-pyrrole nitrogens is 1. The summed E-state index contributed by atoms with van der Waals surface area (Å²) in [5.41, 5.74) is 6.35. The van der Waals surface area contributed by atoms with Crippen molar-refractivity contribution in [3.63, 3.8) is 0 Å². The van der Waals surface area contributed by atoms with Crippen molar-refractivity contribution < 1.29 is 13.2 Å². The van der Waals surface area contributed by atoms with E-state index in [4.69, 9.17) is 5.73 Å². The lowest BCUT2D eigenvalue weighted by Crippen LogP contribution is -2.10. The number of halogens is 3. The van der Waals surface area contributed by atoms with Crippen molar-refractivity contribution in [2.24, 2.45) is 0 Å². The van der Waals surface area contributed by atoms with Crippen LogP contribution in [0.25, 0.3) is 0 Å². The number of hydrogen-bond donors (Lipinski definition) is 3. The number of benzene rings is 1. The zero-order chi connectivity index (χ0) is 14.0. The van der Waals surface area contributed by atoms with Gasteiger partial charge in [0.05, 0.1) is 11.8 Å². The number of aromatic nitrogens is 2. The minimum absolute atomic E-state index is 0.280. The minimum atomic E-state index is -4.45. The molecule has 4 N–H and O–H groups in total. The topological polar surface area (TPSA) is 66.7 Å². The van der Waals surface area contributed by atoms with Gasteiger partial charge < -0.3 is 11.1 Å². The number of aryl methyl sites for hydroxylation is 1. The molecule has 0 fully saturated rings. The van der Waals surface area contributed by atoms with Crippen molar-refractivity contribution in [1.29, 1.82) is 0 Å². The second kappa shape index (κ2) is 4.83. The highest BCUT2D eigenvalue weighted by Gasteiger charge is 2.33. The lowest BCUT2D eigenvalue weighted by Gasteiger charge is -2.13. The molecule has 1 heterocycles. The molecule has 0 amide bonds. The number of nitrogens with one attached hydrogen (secondary N) is 2. The summed E-state index contributed by atoms with van der Waals surface area (Å²) in [4.78, 5) is 0. The van der Waals surface area contributed by atoms with E-state index in [0.717, 1.165) is 17.3 Å². The van der Waals surface area contributed by atoms with Gasteiger partial charge in [-0.2, -0.15) is 18.3 Å². The quantitative estimate of drug-likeness (QED) is 0.751. The summed E-state index contributed by atoms with van der Waals surface area (Å²) < 4.78 is 38.1.